The molecule has 1 N–H and O–H groups in total. The lowest BCUT2D eigenvalue weighted by Crippen LogP contribution is -2.52. The summed E-state index contributed by atoms with van der Waals surface area (Å²) >= 11 is 0. The first kappa shape index (κ1) is 19.8. The zero-order chi connectivity index (χ0) is 20.3. The molecule has 2 amide bonds. The van der Waals surface area contributed by atoms with Crippen LogP contribution in [-0.2, 0) is 20.8 Å². The molecule has 3 heterocycles. The Kier molecular flexibility index (Phi) is 5.66. The molecule has 7 nitrogen and oxygen atoms in total. The molecule has 10 heteroatoms. The average Bonchev–Trinajstić information content (AvgIpc) is 2.57. The second kappa shape index (κ2) is 7.99. The molecule has 0 saturated carbocycles. The van der Waals surface area contributed by atoms with Gasteiger partial charge in [0.25, 0.3) is 0 Å². The van der Waals surface area contributed by atoms with Crippen LogP contribution in [0.2, 0.25) is 0 Å². The fraction of sp³-hybridized carbons (Fsp3) is 0.444. The molecule has 28 heavy (non-hydrogen) atoms. The Labute approximate surface area is 159 Å². The summed E-state index contributed by atoms with van der Waals surface area (Å²) in [6, 6.07) is 1.87. The predicted molar refractivity (Wildman–Crippen MR) is 95.4 cm³/mol. The van der Waals surface area contributed by atoms with Crippen molar-refractivity contribution in [1.29, 1.82) is 0 Å². The van der Waals surface area contributed by atoms with Crippen LogP contribution < -0.4 is 5.32 Å². The molecule has 0 bridgehead atoms. The Hall–Kier alpha value is -2.91. The fourth-order valence-corrected chi connectivity index (χ4v) is 2.84. The monoisotopic (exact) mass is 396 g/mol. The largest absolute Gasteiger partial charge is 0.425 e. The van der Waals surface area contributed by atoms with Crippen molar-refractivity contribution in [3.8, 4) is 0 Å². The molecule has 1 aromatic rings. The zero-order valence-electron chi connectivity index (χ0n) is 15.1. The number of hydrogen-bond donors (Lipinski definition) is 1. The fourth-order valence-electron chi connectivity index (χ4n) is 2.84. The van der Waals surface area contributed by atoms with Crippen LogP contribution in [0.4, 0.5) is 19.0 Å². The van der Waals surface area contributed by atoms with Crippen molar-refractivity contribution >= 4 is 29.4 Å². The summed E-state index contributed by atoms with van der Waals surface area (Å²) in [5.41, 5.74) is 2.10. The Morgan fingerprint density at radius 3 is 2.89 bits per heavy atom. The van der Waals surface area contributed by atoms with Crippen LogP contribution in [0.5, 0.6) is 0 Å². The summed E-state index contributed by atoms with van der Waals surface area (Å²) in [6.07, 6.45) is 1.23. The van der Waals surface area contributed by atoms with Crippen molar-refractivity contribution in [2.75, 3.05) is 25.0 Å². The number of fused-ring (bicyclic) bond motifs is 1. The molecular formula is C18H19F3N4O3. The Balaban J connectivity index is 1.49. The number of alkyl halides is 3. The minimum Gasteiger partial charge on any atom is -0.386 e. The summed E-state index contributed by atoms with van der Waals surface area (Å²) in [5.74, 6) is 0.173. The lowest BCUT2D eigenvalue weighted by atomic mass is 9.95. The minimum absolute atomic E-state index is 0.0616. The van der Waals surface area contributed by atoms with Gasteiger partial charge in [-0.25, -0.2) is 4.98 Å². The van der Waals surface area contributed by atoms with E-state index in [9.17, 15) is 22.8 Å². The van der Waals surface area contributed by atoms with Gasteiger partial charge in [-0.05, 0) is 36.6 Å². The van der Waals surface area contributed by atoms with Crippen LogP contribution in [0.1, 0.15) is 24.5 Å². The van der Waals surface area contributed by atoms with Crippen molar-refractivity contribution in [1.82, 2.24) is 9.88 Å². The van der Waals surface area contributed by atoms with E-state index in [1.807, 2.05) is 6.07 Å². The minimum atomic E-state index is -4.42. The number of rotatable bonds is 5. The molecule has 0 atom stereocenters. The van der Waals surface area contributed by atoms with Crippen LogP contribution in [-0.4, -0.2) is 53.3 Å². The molecule has 2 aliphatic rings. The summed E-state index contributed by atoms with van der Waals surface area (Å²) in [4.78, 5) is 33.6. The Morgan fingerprint density at radius 1 is 1.43 bits per heavy atom. The highest BCUT2D eigenvalue weighted by Crippen LogP contribution is 2.22. The zero-order valence-corrected chi connectivity index (χ0v) is 15.1. The van der Waals surface area contributed by atoms with E-state index in [4.69, 9.17) is 0 Å². The van der Waals surface area contributed by atoms with E-state index < -0.39 is 12.8 Å². The molecular weight excluding hydrogens is 377 g/mol. The maximum absolute atomic E-state index is 12.2. The van der Waals surface area contributed by atoms with Crippen molar-refractivity contribution in [2.24, 2.45) is 11.1 Å². The number of halogens is 3. The summed E-state index contributed by atoms with van der Waals surface area (Å²) < 4.78 is 36.1. The van der Waals surface area contributed by atoms with E-state index in [1.54, 1.807) is 24.1 Å². The van der Waals surface area contributed by atoms with Crippen molar-refractivity contribution in [3.05, 3.63) is 29.5 Å². The van der Waals surface area contributed by atoms with Gasteiger partial charge in [0.2, 0.25) is 18.4 Å². The SMILES string of the molecule is CC(=NOCC(F)(F)F)C1CN(C(=O)C=Cc2cnc3c(c2)CCC(=O)N3)C1. The van der Waals surface area contributed by atoms with Gasteiger partial charge in [0.05, 0.1) is 5.71 Å². The van der Waals surface area contributed by atoms with Crippen LogP contribution in [0, 0.1) is 5.92 Å². The Bertz CT molecular complexity index is 830. The first-order valence-corrected chi connectivity index (χ1v) is 8.70. The number of aryl methyl sites for hydroxylation is 1. The van der Waals surface area contributed by atoms with E-state index >= 15 is 0 Å². The van der Waals surface area contributed by atoms with E-state index in [0.717, 1.165) is 11.1 Å². The van der Waals surface area contributed by atoms with Gasteiger partial charge < -0.3 is 15.1 Å². The van der Waals surface area contributed by atoms with Crippen molar-refractivity contribution in [2.45, 2.75) is 25.9 Å². The number of hydrogen-bond acceptors (Lipinski definition) is 5. The van der Waals surface area contributed by atoms with E-state index in [0.29, 0.717) is 37.5 Å². The number of nitrogens with one attached hydrogen (secondary N) is 1. The number of likely N-dealkylation sites (tertiary alicyclic amines) is 1. The molecule has 0 aromatic carbocycles. The topological polar surface area (TPSA) is 83.9 Å². The molecule has 1 aromatic heterocycles. The third-order valence-electron chi connectivity index (χ3n) is 4.51. The van der Waals surface area contributed by atoms with Gasteiger partial charge in [0.1, 0.15) is 5.82 Å². The predicted octanol–water partition coefficient (Wildman–Crippen LogP) is 2.39. The summed E-state index contributed by atoms with van der Waals surface area (Å²) in [7, 11) is 0. The molecule has 0 aliphatic carbocycles. The van der Waals surface area contributed by atoms with Gasteiger partial charge in [-0.3, -0.25) is 9.59 Å². The van der Waals surface area contributed by atoms with Gasteiger partial charge in [0, 0.05) is 37.7 Å². The van der Waals surface area contributed by atoms with Crippen molar-refractivity contribution in [3.63, 3.8) is 0 Å². The van der Waals surface area contributed by atoms with E-state index in [1.165, 1.54) is 6.08 Å². The molecule has 1 saturated heterocycles. The highest BCUT2D eigenvalue weighted by molar-refractivity contribution is 5.95. The number of amides is 2. The lowest BCUT2D eigenvalue weighted by molar-refractivity contribution is -0.174. The number of oxime groups is 1. The Morgan fingerprint density at radius 2 is 2.18 bits per heavy atom. The van der Waals surface area contributed by atoms with Crippen molar-refractivity contribution < 1.29 is 27.6 Å². The normalized spacial score (nSPS) is 17.9. The smallest absolute Gasteiger partial charge is 0.386 e. The second-order valence-corrected chi connectivity index (χ2v) is 6.72. The van der Waals surface area contributed by atoms with E-state index in [2.05, 4.69) is 20.3 Å². The number of aromatic nitrogens is 1. The maximum atomic E-state index is 12.2. The van der Waals surface area contributed by atoms with E-state index in [-0.39, 0.29) is 17.7 Å². The summed E-state index contributed by atoms with van der Waals surface area (Å²) in [5, 5.41) is 6.16. The molecule has 0 radical (unpaired) electrons. The summed E-state index contributed by atoms with van der Waals surface area (Å²) in [6.45, 7) is 0.905. The number of pyridine rings is 1. The molecule has 0 unspecified atom stereocenters. The van der Waals surface area contributed by atoms with Gasteiger partial charge >= 0.3 is 6.18 Å². The van der Waals surface area contributed by atoms with Crippen LogP contribution in [0.3, 0.4) is 0 Å². The van der Waals surface area contributed by atoms with Crippen LogP contribution in [0.15, 0.2) is 23.5 Å². The van der Waals surface area contributed by atoms with Gasteiger partial charge in [-0.1, -0.05) is 5.16 Å². The first-order chi connectivity index (χ1) is 13.2. The molecule has 1 fully saturated rings. The highest BCUT2D eigenvalue weighted by Gasteiger charge is 2.32. The average molecular weight is 396 g/mol. The third-order valence-corrected chi connectivity index (χ3v) is 4.51. The lowest BCUT2D eigenvalue weighted by Gasteiger charge is -2.38. The quantitative estimate of drug-likeness (QED) is 0.471. The van der Waals surface area contributed by atoms with Crippen LogP contribution >= 0.6 is 0 Å². The number of carbonyl (C=O) groups excluding carboxylic acids is 2. The standard InChI is InChI=1S/C18H19F3N4O3/c1-11(24-28-10-18(19,20)21)14-8-25(9-14)16(27)5-2-12-6-13-3-4-15(26)23-17(13)22-7-12/h2,5-7,14H,3-4,8-10H2,1H3,(H,22,23,26). The van der Waals surface area contributed by atoms with Gasteiger partial charge in [-0.15, -0.1) is 0 Å². The molecule has 150 valence electrons. The molecule has 2 aliphatic heterocycles. The highest BCUT2D eigenvalue weighted by atomic mass is 19.4. The molecule has 0 spiro atoms. The maximum Gasteiger partial charge on any atom is 0.425 e. The second-order valence-electron chi connectivity index (χ2n) is 6.72. The van der Waals surface area contributed by atoms with Crippen LogP contribution in [0.25, 0.3) is 6.08 Å². The number of anilines is 1. The molecule has 3 rings (SSSR count). The first-order valence-electron chi connectivity index (χ1n) is 8.70. The van der Waals surface area contributed by atoms with Gasteiger partial charge in [-0.2, -0.15) is 13.2 Å². The number of nitrogens with zero attached hydrogens (tertiary/aromatic N) is 3. The number of carbonyl (C=O) groups is 2. The third kappa shape index (κ3) is 5.08. The van der Waals surface area contributed by atoms with Gasteiger partial charge in [0.15, 0.2) is 0 Å².